The second-order valence-electron chi connectivity index (χ2n) is 2.17. The van der Waals surface area contributed by atoms with Crippen LogP contribution < -0.4 is 0 Å². The number of hydrogen-bond donors (Lipinski definition) is 0. The summed E-state index contributed by atoms with van der Waals surface area (Å²) in [6.45, 7) is 2.34. The second-order valence-corrected chi connectivity index (χ2v) is 11.6. The van der Waals surface area contributed by atoms with Crippen LogP contribution in [0.3, 0.4) is 0 Å². The van der Waals surface area contributed by atoms with Gasteiger partial charge in [-0.3, -0.25) is 0 Å². The molecule has 38 valence electrons. The van der Waals surface area contributed by atoms with Gasteiger partial charge in [0.05, 0.1) is 0 Å². The topological polar surface area (TPSA) is 0 Å². The first-order valence-electron chi connectivity index (χ1n) is 3.10. The molecule has 0 nitrogen and oxygen atoms in total. The Kier molecular flexibility index (Phi) is 2.30. The fourth-order valence-electron chi connectivity index (χ4n) is 1.04. The molecule has 1 rings (SSSR count). The molecule has 1 aliphatic rings. The molecule has 0 N–H and O–H groups in total. The predicted molar refractivity (Wildman–Crippen MR) is 34.8 cm³/mol. The maximum atomic E-state index is 2.54. The van der Waals surface area contributed by atoms with E-state index >= 15 is 0 Å². The van der Waals surface area contributed by atoms with E-state index in [1.807, 2.05) is 0 Å². The van der Waals surface area contributed by atoms with Crippen LogP contribution in [0.5, 0.6) is 0 Å². The third-order valence-electron chi connectivity index (χ3n) is 1.64. The molecule has 0 aromatic rings. The normalized spacial score (nSPS) is 18.7. The van der Waals surface area contributed by atoms with Gasteiger partial charge in [-0.15, -0.1) is 0 Å². The SMILES string of the molecule is C[CH2][In]1[CH]=CC[CH2]1. The van der Waals surface area contributed by atoms with Gasteiger partial charge < -0.3 is 0 Å². The third-order valence-corrected chi connectivity index (χ3v) is 10.0. The monoisotopic (exact) mass is 198 g/mol. The summed E-state index contributed by atoms with van der Waals surface area (Å²) in [6, 6.07) is 0. The molecule has 0 spiro atoms. The van der Waals surface area contributed by atoms with E-state index < -0.39 is 21.4 Å². The first kappa shape index (κ1) is 5.74. The Labute approximate surface area is 53.1 Å². The van der Waals surface area contributed by atoms with Crippen LogP contribution in [0, 0.1) is 0 Å². The van der Waals surface area contributed by atoms with Crippen LogP contribution in [-0.4, -0.2) is 21.4 Å². The molecule has 1 aliphatic heterocycles. The van der Waals surface area contributed by atoms with Crippen molar-refractivity contribution in [1.82, 2.24) is 0 Å². The van der Waals surface area contributed by atoms with Crippen LogP contribution in [0.4, 0.5) is 0 Å². The Morgan fingerprint density at radius 2 is 2.57 bits per heavy atom. The van der Waals surface area contributed by atoms with E-state index in [2.05, 4.69) is 16.8 Å². The summed E-state index contributed by atoms with van der Waals surface area (Å²) < 4.78 is 5.69. The van der Waals surface area contributed by atoms with E-state index in [9.17, 15) is 0 Å². The van der Waals surface area contributed by atoms with E-state index in [1.54, 1.807) is 4.18 Å². The summed E-state index contributed by atoms with van der Waals surface area (Å²) in [4.78, 5) is 0. The fourth-order valence-corrected chi connectivity index (χ4v) is 6.95. The Morgan fingerprint density at radius 3 is 2.86 bits per heavy atom. The van der Waals surface area contributed by atoms with Crippen LogP contribution in [0.25, 0.3) is 0 Å². The van der Waals surface area contributed by atoms with E-state index in [-0.39, 0.29) is 0 Å². The first-order valence-corrected chi connectivity index (χ1v) is 9.66. The molecule has 0 atom stereocenters. The van der Waals surface area contributed by atoms with Crippen molar-refractivity contribution in [3.63, 3.8) is 0 Å². The second kappa shape index (κ2) is 2.81. The van der Waals surface area contributed by atoms with Crippen molar-refractivity contribution in [2.75, 3.05) is 0 Å². The summed E-state index contributed by atoms with van der Waals surface area (Å²) in [5.74, 6) is 0. The van der Waals surface area contributed by atoms with Crippen molar-refractivity contribution >= 4 is 21.4 Å². The molecule has 0 aromatic carbocycles. The van der Waals surface area contributed by atoms with Gasteiger partial charge in [-0.05, 0) is 0 Å². The van der Waals surface area contributed by atoms with Gasteiger partial charge in [-0.25, -0.2) is 0 Å². The van der Waals surface area contributed by atoms with Gasteiger partial charge in [0, 0.05) is 0 Å². The van der Waals surface area contributed by atoms with Crippen molar-refractivity contribution in [2.24, 2.45) is 0 Å². The van der Waals surface area contributed by atoms with E-state index in [4.69, 9.17) is 0 Å². The van der Waals surface area contributed by atoms with Crippen molar-refractivity contribution < 1.29 is 0 Å². The predicted octanol–water partition coefficient (Wildman–Crippen LogP) is 2.00. The molecule has 0 saturated carbocycles. The Balaban J connectivity index is 2.28. The van der Waals surface area contributed by atoms with E-state index in [1.165, 1.54) is 10.6 Å². The van der Waals surface area contributed by atoms with E-state index in [0.717, 1.165) is 0 Å². The molecule has 0 aliphatic carbocycles. The van der Waals surface area contributed by atoms with Crippen LogP contribution in [0.15, 0.2) is 9.91 Å². The minimum absolute atomic E-state index is 0.833. The summed E-state index contributed by atoms with van der Waals surface area (Å²) >= 11 is -0.833. The molecular formula is C6H11In. The maximum absolute atomic E-state index is 2.54. The zero-order chi connectivity index (χ0) is 5.11. The molecule has 0 radical (unpaired) electrons. The third kappa shape index (κ3) is 1.52. The number of hydrogen-bond acceptors (Lipinski definition) is 0. The molecule has 7 heavy (non-hydrogen) atoms. The standard InChI is InChI=1S/C4H6.C2H5.In/c1-3-4-2;1-2;/h1,3H,2,4H2;1H2,2H3;. The van der Waals surface area contributed by atoms with Crippen LogP contribution in [0.1, 0.15) is 13.3 Å². The van der Waals surface area contributed by atoms with E-state index in [0.29, 0.717) is 0 Å². The van der Waals surface area contributed by atoms with Gasteiger partial charge in [0.2, 0.25) is 0 Å². The summed E-state index contributed by atoms with van der Waals surface area (Å²) in [7, 11) is 0. The molecule has 1 heteroatoms. The molecule has 0 bridgehead atoms. The summed E-state index contributed by atoms with van der Waals surface area (Å²) in [5.41, 5.74) is 0. The van der Waals surface area contributed by atoms with Gasteiger partial charge in [0.1, 0.15) is 0 Å². The van der Waals surface area contributed by atoms with Gasteiger partial charge in [0.25, 0.3) is 0 Å². The zero-order valence-corrected chi connectivity index (χ0v) is 8.15. The summed E-state index contributed by atoms with van der Waals surface area (Å²) in [5, 5.41) is 0. The average Bonchev–Trinajstić information content (AvgIpc) is 2.14. The zero-order valence-electron chi connectivity index (χ0n) is 4.85. The van der Waals surface area contributed by atoms with Crippen molar-refractivity contribution in [3.8, 4) is 0 Å². The van der Waals surface area contributed by atoms with Crippen molar-refractivity contribution in [3.05, 3.63) is 9.91 Å². The number of rotatable bonds is 1. The average molecular weight is 198 g/mol. The van der Waals surface area contributed by atoms with Gasteiger partial charge in [-0.2, -0.15) is 0 Å². The summed E-state index contributed by atoms with van der Waals surface area (Å²) in [6.07, 6.45) is 3.79. The van der Waals surface area contributed by atoms with Gasteiger partial charge in [0.15, 0.2) is 0 Å². The fraction of sp³-hybridized carbons (Fsp3) is 0.667. The van der Waals surface area contributed by atoms with Gasteiger partial charge in [-0.1, -0.05) is 0 Å². The van der Waals surface area contributed by atoms with Gasteiger partial charge >= 0.3 is 53.0 Å². The molecular weight excluding hydrogens is 187 g/mol. The Bertz CT molecular complexity index is 76.2. The Morgan fingerprint density at radius 1 is 1.71 bits per heavy atom. The quantitative estimate of drug-likeness (QED) is 0.604. The molecule has 0 unspecified atom stereocenters. The molecule has 0 aromatic heterocycles. The molecule has 0 saturated heterocycles. The Hall–Kier alpha value is 0.610. The minimum atomic E-state index is -0.833. The van der Waals surface area contributed by atoms with Crippen LogP contribution >= 0.6 is 0 Å². The van der Waals surface area contributed by atoms with Crippen molar-refractivity contribution in [2.45, 2.75) is 21.7 Å². The van der Waals surface area contributed by atoms with Crippen LogP contribution in [0.2, 0.25) is 8.35 Å². The van der Waals surface area contributed by atoms with Crippen LogP contribution in [-0.2, 0) is 0 Å². The number of allylic oxidation sites excluding steroid dienone is 1. The molecule has 0 fully saturated rings. The van der Waals surface area contributed by atoms with Crippen molar-refractivity contribution in [1.29, 1.82) is 0 Å². The molecule has 1 heterocycles. The first-order chi connectivity index (χ1) is 3.43. The molecule has 0 amide bonds.